The molecule has 2 aromatic heterocycles. The Morgan fingerprint density at radius 2 is 2.00 bits per heavy atom. The molecule has 8 heteroatoms. The first kappa shape index (κ1) is 22.4. The van der Waals surface area contributed by atoms with Crippen molar-refractivity contribution in [3.05, 3.63) is 66.4 Å². The van der Waals surface area contributed by atoms with E-state index in [1.54, 1.807) is 18.4 Å². The van der Waals surface area contributed by atoms with Gasteiger partial charge in [-0.1, -0.05) is 41.7 Å². The lowest BCUT2D eigenvalue weighted by atomic mass is 9.97. The number of fused-ring (bicyclic) bond motifs is 1. The minimum atomic E-state index is -0.00319. The molecule has 7 nitrogen and oxygen atoms in total. The maximum absolute atomic E-state index is 12.8. The first-order chi connectivity index (χ1) is 16.7. The number of anilines is 1. The summed E-state index contributed by atoms with van der Waals surface area (Å²) in [6, 6.07) is 18.3. The molecule has 1 N–H and O–H groups in total. The topological polar surface area (TPSA) is 71.8 Å². The van der Waals surface area contributed by atoms with E-state index in [-0.39, 0.29) is 11.8 Å². The number of hydrogen-bond donors (Lipinski definition) is 1. The predicted molar refractivity (Wildman–Crippen MR) is 136 cm³/mol. The van der Waals surface area contributed by atoms with Gasteiger partial charge in [0.1, 0.15) is 5.75 Å². The molecule has 3 heterocycles. The molecule has 0 saturated carbocycles. The summed E-state index contributed by atoms with van der Waals surface area (Å²) in [4.78, 5) is 20.6. The zero-order chi connectivity index (χ0) is 23.3. The predicted octanol–water partition coefficient (Wildman–Crippen LogP) is 4.43. The number of carbonyl (C=O) groups excluding carboxylic acids is 1. The van der Waals surface area contributed by atoms with Crippen molar-refractivity contribution in [1.29, 1.82) is 0 Å². The number of hydrogen-bond acceptors (Lipinski definition) is 6. The number of aromatic nitrogens is 3. The fourth-order valence-corrected chi connectivity index (χ4v) is 5.29. The standard InChI is InChI=1S/C26H29N5O2S/c1-33-22-13-11-20(12-14-22)23-18-31-25(28-23)34-26(29-31)30-16-6-10-21(17-30)24(32)27-15-5-9-19-7-3-2-4-8-19/h2-4,7-8,11-14,18,21H,5-6,9-10,15-17H2,1H3,(H,27,32). The fraction of sp³-hybridized carbons (Fsp3) is 0.346. The van der Waals surface area contributed by atoms with E-state index in [0.717, 1.165) is 59.3 Å². The van der Waals surface area contributed by atoms with Crippen LogP contribution < -0.4 is 15.0 Å². The second-order valence-corrected chi connectivity index (χ2v) is 9.57. The Balaban J connectivity index is 1.17. The van der Waals surface area contributed by atoms with Gasteiger partial charge in [-0.05, 0) is 55.5 Å². The van der Waals surface area contributed by atoms with Crippen molar-refractivity contribution in [3.63, 3.8) is 0 Å². The van der Waals surface area contributed by atoms with Crippen molar-refractivity contribution in [2.45, 2.75) is 25.7 Å². The highest BCUT2D eigenvalue weighted by atomic mass is 32.1. The molecule has 1 aliphatic heterocycles. The van der Waals surface area contributed by atoms with Gasteiger partial charge in [0, 0.05) is 25.2 Å². The quantitative estimate of drug-likeness (QED) is 0.382. The number of carbonyl (C=O) groups is 1. The summed E-state index contributed by atoms with van der Waals surface area (Å²) >= 11 is 1.57. The van der Waals surface area contributed by atoms with Crippen molar-refractivity contribution in [2.24, 2.45) is 5.92 Å². The lowest BCUT2D eigenvalue weighted by Crippen LogP contribution is -2.43. The molecule has 0 spiro atoms. The van der Waals surface area contributed by atoms with E-state index >= 15 is 0 Å². The van der Waals surface area contributed by atoms with Gasteiger partial charge in [-0.2, -0.15) is 0 Å². The summed E-state index contributed by atoms with van der Waals surface area (Å²) in [5.74, 6) is 0.975. The number of nitrogens with zero attached hydrogens (tertiary/aromatic N) is 4. The molecule has 1 unspecified atom stereocenters. The molecule has 4 aromatic rings. The number of amides is 1. The van der Waals surface area contributed by atoms with Crippen molar-refractivity contribution in [1.82, 2.24) is 19.9 Å². The van der Waals surface area contributed by atoms with E-state index in [0.29, 0.717) is 13.1 Å². The molecular formula is C26H29N5O2S. The van der Waals surface area contributed by atoms with Crippen LogP contribution in [0.5, 0.6) is 5.75 Å². The molecule has 34 heavy (non-hydrogen) atoms. The Hall–Kier alpha value is -3.39. The Labute approximate surface area is 203 Å². The lowest BCUT2D eigenvalue weighted by Gasteiger charge is -2.31. The van der Waals surface area contributed by atoms with Crippen LogP contribution in [0.1, 0.15) is 24.8 Å². The second kappa shape index (κ2) is 10.3. The lowest BCUT2D eigenvalue weighted by molar-refractivity contribution is -0.125. The van der Waals surface area contributed by atoms with Crippen molar-refractivity contribution in [3.8, 4) is 17.0 Å². The maximum atomic E-state index is 12.8. The normalized spacial score (nSPS) is 16.0. The largest absolute Gasteiger partial charge is 0.497 e. The van der Waals surface area contributed by atoms with Gasteiger partial charge in [0.2, 0.25) is 16.0 Å². The van der Waals surface area contributed by atoms with Crippen LogP contribution in [0.2, 0.25) is 0 Å². The Morgan fingerprint density at radius 3 is 2.76 bits per heavy atom. The third kappa shape index (κ3) is 5.07. The van der Waals surface area contributed by atoms with E-state index < -0.39 is 0 Å². The molecule has 1 amide bonds. The third-order valence-corrected chi connectivity index (χ3v) is 7.25. The van der Waals surface area contributed by atoms with Crippen LogP contribution in [0.3, 0.4) is 0 Å². The van der Waals surface area contributed by atoms with Crippen molar-refractivity contribution >= 4 is 27.3 Å². The molecular weight excluding hydrogens is 446 g/mol. The van der Waals surface area contributed by atoms with Crippen LogP contribution >= 0.6 is 11.3 Å². The first-order valence-corrected chi connectivity index (χ1v) is 12.6. The van der Waals surface area contributed by atoms with Crippen LogP contribution in [0.25, 0.3) is 16.2 Å². The summed E-state index contributed by atoms with van der Waals surface area (Å²) in [5.41, 5.74) is 3.23. The van der Waals surface area contributed by atoms with E-state index in [4.69, 9.17) is 14.8 Å². The van der Waals surface area contributed by atoms with Crippen LogP contribution in [0.15, 0.2) is 60.8 Å². The molecule has 1 saturated heterocycles. The number of imidazole rings is 1. The van der Waals surface area contributed by atoms with Gasteiger partial charge in [-0.15, -0.1) is 5.10 Å². The minimum absolute atomic E-state index is 0.00319. The highest BCUT2D eigenvalue weighted by Crippen LogP contribution is 2.30. The summed E-state index contributed by atoms with van der Waals surface area (Å²) in [7, 11) is 1.66. The number of rotatable bonds is 8. The molecule has 1 aliphatic rings. The molecule has 1 fully saturated rings. The van der Waals surface area contributed by atoms with E-state index in [9.17, 15) is 4.79 Å². The average Bonchev–Trinajstić information content (AvgIpc) is 3.47. The number of ether oxygens (including phenoxy) is 1. The number of nitrogens with one attached hydrogen (secondary N) is 1. The first-order valence-electron chi connectivity index (χ1n) is 11.8. The van der Waals surface area contributed by atoms with Crippen molar-refractivity contribution in [2.75, 3.05) is 31.6 Å². The van der Waals surface area contributed by atoms with Crippen LogP contribution in [0, 0.1) is 5.92 Å². The number of aryl methyl sites for hydroxylation is 1. The smallest absolute Gasteiger partial charge is 0.224 e. The molecule has 0 radical (unpaired) electrons. The summed E-state index contributed by atoms with van der Waals surface area (Å²) < 4.78 is 7.07. The number of piperidine rings is 1. The van der Waals surface area contributed by atoms with Gasteiger partial charge in [0.05, 0.1) is 24.9 Å². The van der Waals surface area contributed by atoms with Gasteiger partial charge < -0.3 is 15.0 Å². The second-order valence-electron chi connectivity index (χ2n) is 8.63. The van der Waals surface area contributed by atoms with Crippen LogP contribution in [-0.2, 0) is 11.2 Å². The highest BCUT2D eigenvalue weighted by molar-refractivity contribution is 7.20. The zero-order valence-electron chi connectivity index (χ0n) is 19.3. The summed E-state index contributed by atoms with van der Waals surface area (Å²) in [5, 5.41) is 8.82. The third-order valence-electron chi connectivity index (χ3n) is 6.27. The van der Waals surface area contributed by atoms with Gasteiger partial charge in [0.15, 0.2) is 0 Å². The molecule has 5 rings (SSSR count). The van der Waals surface area contributed by atoms with Crippen molar-refractivity contribution < 1.29 is 9.53 Å². The molecule has 176 valence electrons. The Bertz CT molecular complexity index is 1200. The van der Waals surface area contributed by atoms with Gasteiger partial charge in [-0.3, -0.25) is 4.79 Å². The SMILES string of the molecule is COc1ccc(-c2cn3nc(N4CCCC(C(=O)NCCCc5ccccc5)C4)sc3n2)cc1. The average molecular weight is 476 g/mol. The summed E-state index contributed by atoms with van der Waals surface area (Å²) in [6.07, 6.45) is 5.80. The van der Waals surface area contributed by atoms with E-state index in [2.05, 4.69) is 34.5 Å². The zero-order valence-corrected chi connectivity index (χ0v) is 20.1. The molecule has 0 aliphatic carbocycles. The summed E-state index contributed by atoms with van der Waals surface area (Å²) in [6.45, 7) is 2.33. The Kier molecular flexibility index (Phi) is 6.76. The molecule has 2 aromatic carbocycles. The highest BCUT2D eigenvalue weighted by Gasteiger charge is 2.27. The van der Waals surface area contributed by atoms with Crippen LogP contribution in [-0.4, -0.2) is 47.2 Å². The maximum Gasteiger partial charge on any atom is 0.224 e. The molecule has 1 atom stereocenters. The fourth-order valence-electron chi connectivity index (χ4n) is 4.38. The van der Waals surface area contributed by atoms with E-state index in [1.165, 1.54) is 5.56 Å². The van der Waals surface area contributed by atoms with Gasteiger partial charge in [0.25, 0.3) is 0 Å². The van der Waals surface area contributed by atoms with Gasteiger partial charge >= 0.3 is 0 Å². The molecule has 0 bridgehead atoms. The Morgan fingerprint density at radius 1 is 1.18 bits per heavy atom. The number of benzene rings is 2. The van der Waals surface area contributed by atoms with Crippen LogP contribution in [0.4, 0.5) is 5.13 Å². The number of methoxy groups -OCH3 is 1. The monoisotopic (exact) mass is 475 g/mol. The van der Waals surface area contributed by atoms with E-state index in [1.807, 2.05) is 41.0 Å². The minimum Gasteiger partial charge on any atom is -0.497 e. The van der Waals surface area contributed by atoms with Gasteiger partial charge in [-0.25, -0.2) is 9.50 Å².